The fourth-order valence-electron chi connectivity index (χ4n) is 3.99. The Balaban J connectivity index is 1.89. The van der Waals surface area contributed by atoms with E-state index in [0.717, 1.165) is 17.8 Å². The van der Waals surface area contributed by atoms with Crippen LogP contribution < -0.4 is 0 Å². The summed E-state index contributed by atoms with van der Waals surface area (Å²) in [4.78, 5) is 0. The van der Waals surface area contributed by atoms with Gasteiger partial charge in [-0.05, 0) is 42.1 Å². The monoisotopic (exact) mass is 261 g/mol. The third-order valence-corrected chi connectivity index (χ3v) is 5.79. The van der Waals surface area contributed by atoms with Crippen LogP contribution in [0.1, 0.15) is 71.6 Å². The minimum atomic E-state index is 0.439. The lowest BCUT2D eigenvalue weighted by Gasteiger charge is -2.34. The summed E-state index contributed by atoms with van der Waals surface area (Å²) in [6.45, 7) is 4.62. The molecule has 3 atom stereocenters. The summed E-state index contributed by atoms with van der Waals surface area (Å²) in [6.07, 6.45) is 17.5. The molecule has 3 radical (unpaired) electrons. The van der Waals surface area contributed by atoms with Crippen LogP contribution in [0.3, 0.4) is 0 Å². The van der Waals surface area contributed by atoms with E-state index in [0.29, 0.717) is 5.04 Å². The number of fused-ring (bicyclic) bond motifs is 2. The quantitative estimate of drug-likeness (QED) is 0.411. The van der Waals surface area contributed by atoms with Crippen molar-refractivity contribution in [1.82, 2.24) is 0 Å². The second kappa shape index (κ2) is 6.41. The van der Waals surface area contributed by atoms with Crippen molar-refractivity contribution in [2.45, 2.75) is 76.7 Å². The summed E-state index contributed by atoms with van der Waals surface area (Å²) in [5.74, 6) is 2.80. The van der Waals surface area contributed by atoms with Gasteiger partial charge in [0.05, 0.1) is 0 Å². The van der Waals surface area contributed by atoms with Gasteiger partial charge in [-0.3, -0.25) is 0 Å². The number of hydrogen-bond acceptors (Lipinski definition) is 0. The minimum absolute atomic E-state index is 0.439. The Morgan fingerprint density at radius 1 is 1.06 bits per heavy atom. The van der Waals surface area contributed by atoms with Crippen molar-refractivity contribution >= 4 is 10.2 Å². The largest absolute Gasteiger partial charge is 0.0851 e. The van der Waals surface area contributed by atoms with Gasteiger partial charge < -0.3 is 0 Å². The average Bonchev–Trinajstić information content (AvgIpc) is 2.96. The van der Waals surface area contributed by atoms with Crippen molar-refractivity contribution in [2.75, 3.05) is 0 Å². The molecule has 2 bridgehead atoms. The SMILES string of the molecule is CCCCC([Si])(CCCC)CC1CC2C=CC1C2. The van der Waals surface area contributed by atoms with Crippen LogP contribution in [0.4, 0.5) is 0 Å². The summed E-state index contributed by atoms with van der Waals surface area (Å²) in [5.41, 5.74) is 0. The molecule has 1 fully saturated rings. The van der Waals surface area contributed by atoms with Gasteiger partial charge in [-0.25, -0.2) is 0 Å². The standard InChI is InChI=1S/C17H29Si/c1-3-5-9-17(18,10-6-4-2)13-16-12-14-7-8-15(16)11-14/h7-8,14-16H,3-6,9-13H2,1-2H3. The highest BCUT2D eigenvalue weighted by molar-refractivity contribution is 6.15. The Morgan fingerprint density at radius 2 is 1.72 bits per heavy atom. The van der Waals surface area contributed by atoms with Gasteiger partial charge >= 0.3 is 0 Å². The summed E-state index contributed by atoms with van der Waals surface area (Å²) < 4.78 is 0. The first-order chi connectivity index (χ1) is 8.67. The Labute approximate surface area is 117 Å². The molecule has 2 aliphatic rings. The molecular weight excluding hydrogens is 232 g/mol. The van der Waals surface area contributed by atoms with Crippen LogP contribution in [0.2, 0.25) is 5.04 Å². The zero-order valence-corrected chi connectivity index (χ0v) is 13.3. The van der Waals surface area contributed by atoms with E-state index in [1.54, 1.807) is 0 Å². The molecule has 0 N–H and O–H groups in total. The highest BCUT2D eigenvalue weighted by atomic mass is 28.1. The molecule has 0 amide bonds. The molecule has 3 unspecified atom stereocenters. The molecule has 2 rings (SSSR count). The number of unbranched alkanes of at least 4 members (excludes halogenated alkanes) is 2. The van der Waals surface area contributed by atoms with Crippen molar-refractivity contribution in [3.63, 3.8) is 0 Å². The van der Waals surface area contributed by atoms with Crippen molar-refractivity contribution < 1.29 is 0 Å². The second-order valence-corrected chi connectivity index (χ2v) is 7.79. The zero-order chi connectivity index (χ0) is 13.0. The van der Waals surface area contributed by atoms with E-state index in [2.05, 4.69) is 36.2 Å². The zero-order valence-electron chi connectivity index (χ0n) is 12.3. The molecule has 18 heavy (non-hydrogen) atoms. The van der Waals surface area contributed by atoms with Crippen LogP contribution in [0.5, 0.6) is 0 Å². The number of rotatable bonds is 8. The number of hydrogen-bond donors (Lipinski definition) is 0. The van der Waals surface area contributed by atoms with Gasteiger partial charge in [0.2, 0.25) is 0 Å². The highest BCUT2D eigenvalue weighted by Gasteiger charge is 2.39. The van der Waals surface area contributed by atoms with Gasteiger partial charge in [-0.15, -0.1) is 0 Å². The van der Waals surface area contributed by atoms with Crippen LogP contribution in [-0.4, -0.2) is 10.2 Å². The first kappa shape index (κ1) is 14.4. The van der Waals surface area contributed by atoms with Crippen LogP contribution in [0.15, 0.2) is 12.2 Å². The molecule has 0 heterocycles. The van der Waals surface area contributed by atoms with Crippen molar-refractivity contribution in [3.8, 4) is 0 Å². The Kier molecular flexibility index (Phi) is 5.12. The smallest absolute Gasteiger partial charge is 0.0313 e. The summed E-state index contributed by atoms with van der Waals surface area (Å²) in [5, 5.41) is 0.439. The van der Waals surface area contributed by atoms with Crippen molar-refractivity contribution in [3.05, 3.63) is 12.2 Å². The van der Waals surface area contributed by atoms with E-state index < -0.39 is 0 Å². The van der Waals surface area contributed by atoms with E-state index >= 15 is 0 Å². The molecule has 0 aromatic rings. The normalized spacial score (nSPS) is 30.3. The van der Waals surface area contributed by atoms with E-state index in [-0.39, 0.29) is 0 Å². The molecule has 0 spiro atoms. The predicted molar refractivity (Wildman–Crippen MR) is 81.0 cm³/mol. The third kappa shape index (κ3) is 3.50. The molecular formula is C17H29Si. The molecule has 0 nitrogen and oxygen atoms in total. The highest BCUT2D eigenvalue weighted by Crippen LogP contribution is 2.51. The average molecular weight is 262 g/mol. The van der Waals surface area contributed by atoms with Gasteiger partial charge in [0.25, 0.3) is 0 Å². The lowest BCUT2D eigenvalue weighted by molar-refractivity contribution is 0.309. The van der Waals surface area contributed by atoms with Crippen LogP contribution in [-0.2, 0) is 0 Å². The minimum Gasteiger partial charge on any atom is -0.0851 e. The Hall–Kier alpha value is -0.0431. The molecule has 2 aliphatic carbocycles. The van der Waals surface area contributed by atoms with Crippen LogP contribution in [0.25, 0.3) is 0 Å². The van der Waals surface area contributed by atoms with Gasteiger partial charge in [0, 0.05) is 10.2 Å². The fraction of sp³-hybridized carbons (Fsp3) is 0.882. The molecule has 1 saturated carbocycles. The van der Waals surface area contributed by atoms with E-state index in [1.807, 2.05) is 0 Å². The molecule has 0 aromatic carbocycles. The van der Waals surface area contributed by atoms with E-state index in [4.69, 9.17) is 0 Å². The first-order valence-corrected chi connectivity index (χ1v) is 8.60. The van der Waals surface area contributed by atoms with Gasteiger partial charge in [-0.1, -0.05) is 64.5 Å². The topological polar surface area (TPSA) is 0 Å². The second-order valence-electron chi connectivity index (χ2n) is 6.73. The maximum absolute atomic E-state index is 4.20. The van der Waals surface area contributed by atoms with Crippen LogP contribution >= 0.6 is 0 Å². The maximum atomic E-state index is 4.20. The van der Waals surface area contributed by atoms with Gasteiger partial charge in [0.1, 0.15) is 0 Å². The Bertz CT molecular complexity index is 273. The lowest BCUT2D eigenvalue weighted by atomic mass is 9.80. The molecule has 101 valence electrons. The van der Waals surface area contributed by atoms with Gasteiger partial charge in [0.15, 0.2) is 0 Å². The third-order valence-electron chi connectivity index (χ3n) is 5.09. The fourth-order valence-corrected chi connectivity index (χ4v) is 4.61. The predicted octanol–water partition coefficient (Wildman–Crippen LogP) is 5.30. The number of allylic oxidation sites excluding steroid dienone is 2. The Morgan fingerprint density at radius 3 is 2.17 bits per heavy atom. The summed E-state index contributed by atoms with van der Waals surface area (Å²) in [7, 11) is 4.20. The van der Waals surface area contributed by atoms with Crippen LogP contribution in [0, 0.1) is 17.8 Å². The maximum Gasteiger partial charge on any atom is 0.0313 e. The molecule has 0 aromatic heterocycles. The lowest BCUT2D eigenvalue weighted by Crippen LogP contribution is -2.20. The van der Waals surface area contributed by atoms with E-state index in [1.165, 1.54) is 57.8 Å². The molecule has 1 heteroatoms. The van der Waals surface area contributed by atoms with Crippen molar-refractivity contribution in [1.29, 1.82) is 0 Å². The summed E-state index contributed by atoms with van der Waals surface area (Å²) >= 11 is 0. The summed E-state index contributed by atoms with van der Waals surface area (Å²) in [6, 6.07) is 0. The molecule has 0 aliphatic heterocycles. The van der Waals surface area contributed by atoms with Crippen molar-refractivity contribution in [2.24, 2.45) is 17.8 Å². The molecule has 0 saturated heterocycles. The first-order valence-electron chi connectivity index (χ1n) is 8.10. The van der Waals surface area contributed by atoms with E-state index in [9.17, 15) is 0 Å². The van der Waals surface area contributed by atoms with Gasteiger partial charge in [-0.2, -0.15) is 0 Å².